The van der Waals surface area contributed by atoms with E-state index in [1.165, 1.54) is 44.1 Å². The lowest BCUT2D eigenvalue weighted by Crippen LogP contribution is -1.95. The fraction of sp³-hybridized carbons (Fsp3) is 0. The van der Waals surface area contributed by atoms with Crippen LogP contribution in [0.25, 0.3) is 49.7 Å². The maximum atomic E-state index is 3.62. The predicted molar refractivity (Wildman–Crippen MR) is 161 cm³/mol. The van der Waals surface area contributed by atoms with Crippen LogP contribution in [0.5, 0.6) is 0 Å². The van der Waals surface area contributed by atoms with E-state index >= 15 is 0 Å². The Morgan fingerprint density at radius 1 is 0.368 bits per heavy atom. The van der Waals surface area contributed by atoms with E-state index in [1.54, 1.807) is 0 Å². The van der Waals surface area contributed by atoms with Gasteiger partial charge in [-0.05, 0) is 64.7 Å². The van der Waals surface area contributed by atoms with Gasteiger partial charge in [0.05, 0.1) is 11.0 Å². The summed E-state index contributed by atoms with van der Waals surface area (Å²) in [5.74, 6) is 0. The number of aromatic nitrogens is 1. The minimum absolute atomic E-state index is 1.06. The molecular weight excluding hydrogens is 460 g/mol. The van der Waals surface area contributed by atoms with Crippen LogP contribution in [0.2, 0.25) is 0 Å². The van der Waals surface area contributed by atoms with Gasteiger partial charge in [-0.1, -0.05) is 109 Å². The third kappa shape index (κ3) is 4.03. The van der Waals surface area contributed by atoms with Gasteiger partial charge >= 0.3 is 0 Å². The molecule has 0 spiro atoms. The van der Waals surface area contributed by atoms with Crippen molar-refractivity contribution in [2.24, 2.45) is 0 Å². The average molecular weight is 487 g/mol. The van der Waals surface area contributed by atoms with Crippen molar-refractivity contribution in [3.8, 4) is 27.9 Å². The molecule has 0 aliphatic carbocycles. The molecule has 0 saturated carbocycles. The quantitative estimate of drug-likeness (QED) is 0.256. The van der Waals surface area contributed by atoms with Crippen LogP contribution >= 0.6 is 0 Å². The number of para-hydroxylation sites is 1. The van der Waals surface area contributed by atoms with E-state index < -0.39 is 0 Å². The van der Waals surface area contributed by atoms with Gasteiger partial charge in [-0.15, -0.1) is 0 Å². The van der Waals surface area contributed by atoms with Crippen LogP contribution in [-0.4, -0.2) is 4.57 Å². The van der Waals surface area contributed by atoms with Crippen molar-refractivity contribution in [3.05, 3.63) is 152 Å². The predicted octanol–water partition coefficient (Wildman–Crippen LogP) is 9.86. The average Bonchev–Trinajstić information content (AvgIpc) is 3.32. The first-order valence-electron chi connectivity index (χ1n) is 13.0. The summed E-state index contributed by atoms with van der Waals surface area (Å²) in [7, 11) is 0. The number of fused-ring (bicyclic) bond motifs is 3. The van der Waals surface area contributed by atoms with Gasteiger partial charge in [0.1, 0.15) is 0 Å². The highest BCUT2D eigenvalue weighted by atomic mass is 15.0. The lowest BCUT2D eigenvalue weighted by atomic mass is 10.1. The van der Waals surface area contributed by atoms with Gasteiger partial charge in [0.15, 0.2) is 0 Å². The van der Waals surface area contributed by atoms with Crippen molar-refractivity contribution in [1.29, 1.82) is 0 Å². The largest absolute Gasteiger partial charge is 0.355 e. The van der Waals surface area contributed by atoms with E-state index in [0.717, 1.165) is 17.1 Å². The molecule has 1 N–H and O–H groups in total. The topological polar surface area (TPSA) is 17.0 Å². The molecule has 0 bridgehead atoms. The molecule has 0 radical (unpaired) electrons. The fourth-order valence-corrected chi connectivity index (χ4v) is 5.30. The third-order valence-corrected chi connectivity index (χ3v) is 7.19. The summed E-state index contributed by atoms with van der Waals surface area (Å²) in [4.78, 5) is 0. The van der Waals surface area contributed by atoms with Crippen LogP contribution in [0.4, 0.5) is 11.4 Å². The van der Waals surface area contributed by atoms with E-state index in [1.807, 2.05) is 6.07 Å². The van der Waals surface area contributed by atoms with Crippen molar-refractivity contribution < 1.29 is 0 Å². The van der Waals surface area contributed by atoms with Gasteiger partial charge < -0.3 is 9.88 Å². The highest BCUT2D eigenvalue weighted by Gasteiger charge is 2.13. The van der Waals surface area contributed by atoms with Gasteiger partial charge in [-0.3, -0.25) is 0 Å². The molecule has 0 unspecified atom stereocenters. The van der Waals surface area contributed by atoms with Gasteiger partial charge in [-0.2, -0.15) is 0 Å². The first kappa shape index (κ1) is 22.1. The number of nitrogens with zero attached hydrogens (tertiary/aromatic N) is 1. The zero-order chi connectivity index (χ0) is 25.3. The molecule has 1 aromatic heterocycles. The summed E-state index contributed by atoms with van der Waals surface area (Å²) in [5, 5.41) is 6.12. The first-order chi connectivity index (χ1) is 18.8. The Balaban J connectivity index is 1.27. The molecule has 2 nitrogen and oxygen atoms in total. The number of benzene rings is 6. The van der Waals surface area contributed by atoms with Crippen LogP contribution in [-0.2, 0) is 0 Å². The highest BCUT2D eigenvalue weighted by molar-refractivity contribution is 6.10. The van der Waals surface area contributed by atoms with Crippen molar-refractivity contribution in [1.82, 2.24) is 4.57 Å². The Bertz CT molecular complexity index is 1850. The molecule has 7 aromatic rings. The summed E-state index contributed by atoms with van der Waals surface area (Å²) in [6.45, 7) is 0. The summed E-state index contributed by atoms with van der Waals surface area (Å²) in [5.41, 5.74) is 10.6. The zero-order valence-corrected chi connectivity index (χ0v) is 20.9. The molecule has 180 valence electrons. The molecule has 0 fully saturated rings. The van der Waals surface area contributed by atoms with E-state index in [4.69, 9.17) is 0 Å². The molecule has 6 aromatic carbocycles. The van der Waals surface area contributed by atoms with E-state index in [-0.39, 0.29) is 0 Å². The maximum Gasteiger partial charge on any atom is 0.0561 e. The molecule has 0 saturated heterocycles. The van der Waals surface area contributed by atoms with E-state index in [9.17, 15) is 0 Å². The third-order valence-electron chi connectivity index (χ3n) is 7.19. The monoisotopic (exact) mass is 486 g/mol. The number of hydrogen-bond acceptors (Lipinski definition) is 1. The summed E-state index contributed by atoms with van der Waals surface area (Å²) in [6.07, 6.45) is 0. The maximum absolute atomic E-state index is 3.62. The fourth-order valence-electron chi connectivity index (χ4n) is 5.30. The van der Waals surface area contributed by atoms with Crippen molar-refractivity contribution in [3.63, 3.8) is 0 Å². The Morgan fingerprint density at radius 3 is 1.53 bits per heavy atom. The zero-order valence-electron chi connectivity index (χ0n) is 20.9. The van der Waals surface area contributed by atoms with Crippen molar-refractivity contribution in [2.45, 2.75) is 0 Å². The number of anilines is 2. The van der Waals surface area contributed by atoms with Gasteiger partial charge in [0.2, 0.25) is 0 Å². The highest BCUT2D eigenvalue weighted by Crippen LogP contribution is 2.35. The van der Waals surface area contributed by atoms with E-state index in [0.29, 0.717) is 0 Å². The molecule has 0 amide bonds. The summed E-state index contributed by atoms with van der Waals surface area (Å²) >= 11 is 0. The first-order valence-corrected chi connectivity index (χ1v) is 13.0. The number of rotatable bonds is 5. The van der Waals surface area contributed by atoms with Crippen LogP contribution < -0.4 is 5.32 Å². The van der Waals surface area contributed by atoms with Crippen molar-refractivity contribution >= 4 is 33.2 Å². The van der Waals surface area contributed by atoms with Gasteiger partial charge in [0.25, 0.3) is 0 Å². The van der Waals surface area contributed by atoms with Crippen LogP contribution in [0.15, 0.2) is 152 Å². The molecule has 0 aliphatic heterocycles. The number of hydrogen-bond donors (Lipinski definition) is 1. The minimum atomic E-state index is 1.06. The minimum Gasteiger partial charge on any atom is -0.355 e. The summed E-state index contributed by atoms with van der Waals surface area (Å²) < 4.78 is 2.36. The Kier molecular flexibility index (Phi) is 5.49. The van der Waals surface area contributed by atoms with Crippen LogP contribution in [0.3, 0.4) is 0 Å². The van der Waals surface area contributed by atoms with Crippen LogP contribution in [0.1, 0.15) is 0 Å². The Hall–Kier alpha value is -5.08. The lowest BCUT2D eigenvalue weighted by Gasteiger charge is -2.11. The second kappa shape index (κ2) is 9.42. The Labute approximate surface area is 222 Å². The van der Waals surface area contributed by atoms with Crippen LogP contribution in [0, 0.1) is 0 Å². The number of nitrogens with one attached hydrogen (secondary N) is 1. The second-order valence-corrected chi connectivity index (χ2v) is 9.57. The van der Waals surface area contributed by atoms with Gasteiger partial charge in [-0.25, -0.2) is 0 Å². The summed E-state index contributed by atoms with van der Waals surface area (Å²) in [6, 6.07) is 53.8. The standard InChI is InChI=1S/C36H26N2/c1-3-9-26(10-4-1)28-15-19-30(20-16-28)37-31-21-24-34-33-13-7-8-14-35(33)38(36(34)25-31)32-22-17-29(18-23-32)27-11-5-2-6-12-27/h1-25,37H. The molecule has 2 heteroatoms. The Morgan fingerprint density at radius 2 is 0.868 bits per heavy atom. The van der Waals surface area contributed by atoms with Crippen molar-refractivity contribution in [2.75, 3.05) is 5.32 Å². The molecule has 1 heterocycles. The smallest absolute Gasteiger partial charge is 0.0561 e. The lowest BCUT2D eigenvalue weighted by molar-refractivity contribution is 1.18. The molecule has 0 aliphatic rings. The molecule has 7 rings (SSSR count). The van der Waals surface area contributed by atoms with Gasteiger partial charge in [0, 0.05) is 27.8 Å². The molecular formula is C36H26N2. The molecule has 38 heavy (non-hydrogen) atoms. The SMILES string of the molecule is c1ccc(-c2ccc(Nc3ccc4c5ccccc5n(-c5ccc(-c6ccccc6)cc5)c4c3)cc2)cc1. The normalized spacial score (nSPS) is 11.2. The molecule has 0 atom stereocenters. The second-order valence-electron chi connectivity index (χ2n) is 9.57. The van der Waals surface area contributed by atoms with E-state index in [2.05, 4.69) is 155 Å².